The van der Waals surface area contributed by atoms with Crippen molar-refractivity contribution in [2.24, 2.45) is 0 Å². The molecule has 0 saturated carbocycles. The summed E-state index contributed by atoms with van der Waals surface area (Å²) in [7, 11) is 0. The molecule has 0 atom stereocenters. The van der Waals surface area contributed by atoms with Gasteiger partial charge in [-0.1, -0.05) is 0 Å². The minimum atomic E-state index is -0.278. The second-order valence-electron chi connectivity index (χ2n) is 3.90. The summed E-state index contributed by atoms with van der Waals surface area (Å²) < 4.78 is 6.75. The molecule has 1 aromatic rings. The van der Waals surface area contributed by atoms with Crippen molar-refractivity contribution in [2.75, 3.05) is 6.61 Å². The number of hydrogen-bond acceptors (Lipinski definition) is 3. The first kappa shape index (κ1) is 12.5. The molecule has 4 heteroatoms. The molecule has 0 bridgehead atoms. The highest BCUT2D eigenvalue weighted by Crippen LogP contribution is 2.10. The van der Waals surface area contributed by atoms with Crippen LogP contribution in [-0.2, 0) is 9.53 Å². The van der Waals surface area contributed by atoms with E-state index in [9.17, 15) is 4.79 Å². The Morgan fingerprint density at radius 1 is 1.62 bits per heavy atom. The van der Waals surface area contributed by atoms with Gasteiger partial charge in [-0.15, -0.1) is 0 Å². The largest absolute Gasteiger partial charge is 0.463 e. The van der Waals surface area contributed by atoms with E-state index in [1.807, 2.05) is 10.9 Å². The highest BCUT2D eigenvalue weighted by molar-refractivity contribution is 5.92. The van der Waals surface area contributed by atoms with Crippen LogP contribution in [0.3, 0.4) is 0 Å². The molecule has 0 spiro atoms. The second-order valence-corrected chi connectivity index (χ2v) is 3.90. The molecule has 0 fully saturated rings. The molecule has 0 unspecified atom stereocenters. The Hall–Kier alpha value is -1.58. The van der Waals surface area contributed by atoms with Gasteiger partial charge in [0.2, 0.25) is 0 Å². The van der Waals surface area contributed by atoms with Crippen LogP contribution >= 0.6 is 0 Å². The van der Waals surface area contributed by atoms with Crippen molar-refractivity contribution in [3.63, 3.8) is 0 Å². The van der Waals surface area contributed by atoms with E-state index in [-0.39, 0.29) is 5.97 Å². The van der Waals surface area contributed by atoms with Gasteiger partial charge in [-0.3, -0.25) is 4.68 Å². The summed E-state index contributed by atoms with van der Waals surface area (Å²) >= 11 is 0. The van der Waals surface area contributed by atoms with E-state index in [2.05, 4.69) is 18.9 Å². The predicted molar refractivity (Wildman–Crippen MR) is 62.9 cm³/mol. The van der Waals surface area contributed by atoms with Crippen molar-refractivity contribution in [3.8, 4) is 0 Å². The van der Waals surface area contributed by atoms with Gasteiger partial charge in [0.25, 0.3) is 0 Å². The second kappa shape index (κ2) is 5.49. The molecule has 0 aliphatic rings. The van der Waals surface area contributed by atoms with Crippen molar-refractivity contribution >= 4 is 12.0 Å². The number of aromatic nitrogens is 2. The normalized spacial score (nSPS) is 11.9. The summed E-state index contributed by atoms with van der Waals surface area (Å²) in [6, 6.07) is 0.324. The monoisotopic (exact) mass is 222 g/mol. The molecule has 0 saturated heterocycles. The van der Waals surface area contributed by atoms with Gasteiger partial charge in [0, 0.05) is 23.4 Å². The smallest absolute Gasteiger partial charge is 0.333 e. The lowest BCUT2D eigenvalue weighted by Crippen LogP contribution is -2.04. The zero-order valence-electron chi connectivity index (χ0n) is 10.2. The van der Waals surface area contributed by atoms with Gasteiger partial charge < -0.3 is 4.74 Å². The first-order valence-electron chi connectivity index (χ1n) is 5.44. The Morgan fingerprint density at radius 2 is 2.31 bits per heavy atom. The molecular weight excluding hydrogens is 204 g/mol. The van der Waals surface area contributed by atoms with Crippen LogP contribution in [0.25, 0.3) is 6.08 Å². The van der Waals surface area contributed by atoms with E-state index in [0.29, 0.717) is 18.2 Å². The first-order chi connectivity index (χ1) is 7.54. The van der Waals surface area contributed by atoms with Gasteiger partial charge in [-0.05, 0) is 33.8 Å². The van der Waals surface area contributed by atoms with Crippen molar-refractivity contribution in [2.45, 2.75) is 33.7 Å². The number of carbonyl (C=O) groups is 1. The quantitative estimate of drug-likeness (QED) is 0.580. The zero-order chi connectivity index (χ0) is 12.1. The highest BCUT2D eigenvalue weighted by atomic mass is 16.5. The number of esters is 1. The molecule has 16 heavy (non-hydrogen) atoms. The Morgan fingerprint density at radius 3 is 2.81 bits per heavy atom. The SMILES string of the molecule is CCOC(=O)C(C)=Cc1cnn(C(C)C)c1. The van der Waals surface area contributed by atoms with E-state index < -0.39 is 0 Å². The Labute approximate surface area is 95.9 Å². The third-order valence-corrected chi connectivity index (χ3v) is 2.13. The van der Waals surface area contributed by atoms with Crippen LogP contribution in [0.4, 0.5) is 0 Å². The summed E-state index contributed by atoms with van der Waals surface area (Å²) in [5, 5.41) is 4.19. The van der Waals surface area contributed by atoms with Crippen LogP contribution in [0.1, 0.15) is 39.3 Å². The van der Waals surface area contributed by atoms with Crippen LogP contribution in [0.5, 0.6) is 0 Å². The lowest BCUT2D eigenvalue weighted by molar-refractivity contribution is -0.138. The maximum absolute atomic E-state index is 11.4. The molecule has 0 N–H and O–H groups in total. The van der Waals surface area contributed by atoms with Gasteiger partial charge in [-0.2, -0.15) is 5.10 Å². The molecular formula is C12H18N2O2. The van der Waals surface area contributed by atoms with Crippen molar-refractivity contribution in [1.29, 1.82) is 0 Å². The van der Waals surface area contributed by atoms with E-state index >= 15 is 0 Å². The molecule has 1 rings (SSSR count). The van der Waals surface area contributed by atoms with Gasteiger partial charge >= 0.3 is 5.97 Å². The standard InChI is InChI=1S/C12H18N2O2/c1-5-16-12(15)10(4)6-11-7-13-14(8-11)9(2)3/h6-9H,5H2,1-4H3. The third-order valence-electron chi connectivity index (χ3n) is 2.13. The average molecular weight is 222 g/mol. The number of rotatable bonds is 4. The minimum Gasteiger partial charge on any atom is -0.463 e. The van der Waals surface area contributed by atoms with Crippen LogP contribution in [0.15, 0.2) is 18.0 Å². The van der Waals surface area contributed by atoms with Crippen molar-refractivity contribution in [3.05, 3.63) is 23.5 Å². The summed E-state index contributed by atoms with van der Waals surface area (Å²) in [5.74, 6) is -0.278. The number of carbonyl (C=O) groups excluding carboxylic acids is 1. The van der Waals surface area contributed by atoms with Crippen molar-refractivity contribution < 1.29 is 9.53 Å². The number of ether oxygens (including phenoxy) is 1. The number of nitrogens with zero attached hydrogens (tertiary/aromatic N) is 2. The molecule has 0 aliphatic carbocycles. The summed E-state index contributed by atoms with van der Waals surface area (Å²) in [6.45, 7) is 8.04. The van der Waals surface area contributed by atoms with Crippen LogP contribution in [-0.4, -0.2) is 22.4 Å². The highest BCUT2D eigenvalue weighted by Gasteiger charge is 2.06. The molecule has 0 aliphatic heterocycles. The predicted octanol–water partition coefficient (Wildman–Crippen LogP) is 2.43. The fourth-order valence-electron chi connectivity index (χ4n) is 1.26. The molecule has 1 heterocycles. The first-order valence-corrected chi connectivity index (χ1v) is 5.44. The zero-order valence-corrected chi connectivity index (χ0v) is 10.2. The fourth-order valence-corrected chi connectivity index (χ4v) is 1.26. The topological polar surface area (TPSA) is 44.1 Å². The van der Waals surface area contributed by atoms with Crippen LogP contribution in [0, 0.1) is 0 Å². The Kier molecular flexibility index (Phi) is 4.28. The van der Waals surface area contributed by atoms with Gasteiger partial charge in [0.05, 0.1) is 12.8 Å². The van der Waals surface area contributed by atoms with Crippen molar-refractivity contribution in [1.82, 2.24) is 9.78 Å². The lowest BCUT2D eigenvalue weighted by Gasteiger charge is -2.02. The summed E-state index contributed by atoms with van der Waals surface area (Å²) in [4.78, 5) is 11.4. The average Bonchev–Trinajstić information content (AvgIpc) is 2.66. The molecule has 88 valence electrons. The molecule has 4 nitrogen and oxygen atoms in total. The Bertz CT molecular complexity index is 391. The minimum absolute atomic E-state index is 0.278. The van der Waals surface area contributed by atoms with E-state index in [1.54, 1.807) is 26.1 Å². The van der Waals surface area contributed by atoms with Gasteiger partial charge in [-0.25, -0.2) is 4.79 Å². The van der Waals surface area contributed by atoms with Gasteiger partial charge in [0.1, 0.15) is 0 Å². The van der Waals surface area contributed by atoms with Gasteiger partial charge in [0.15, 0.2) is 0 Å². The number of hydrogen-bond donors (Lipinski definition) is 0. The fraction of sp³-hybridized carbons (Fsp3) is 0.500. The summed E-state index contributed by atoms with van der Waals surface area (Å²) in [6.07, 6.45) is 5.43. The van der Waals surface area contributed by atoms with E-state index in [0.717, 1.165) is 5.56 Å². The Balaban J connectivity index is 2.77. The lowest BCUT2D eigenvalue weighted by atomic mass is 10.2. The van der Waals surface area contributed by atoms with E-state index in [1.165, 1.54) is 0 Å². The maximum Gasteiger partial charge on any atom is 0.333 e. The molecule has 0 radical (unpaired) electrons. The molecule has 0 aromatic carbocycles. The maximum atomic E-state index is 11.4. The molecule has 0 amide bonds. The van der Waals surface area contributed by atoms with Crippen LogP contribution < -0.4 is 0 Å². The van der Waals surface area contributed by atoms with E-state index in [4.69, 9.17) is 4.74 Å². The third kappa shape index (κ3) is 3.22. The summed E-state index contributed by atoms with van der Waals surface area (Å²) in [5.41, 5.74) is 1.50. The van der Waals surface area contributed by atoms with Crippen LogP contribution in [0.2, 0.25) is 0 Å². The molecule has 1 aromatic heterocycles.